The number of carbonyl (C=O) groups excluding carboxylic acids is 1. The van der Waals surface area contributed by atoms with Crippen molar-refractivity contribution < 1.29 is 4.79 Å². The quantitative estimate of drug-likeness (QED) is 0.845. The molecule has 1 heterocycles. The molecule has 0 aliphatic carbocycles. The van der Waals surface area contributed by atoms with Gasteiger partial charge in [0.05, 0.1) is 5.69 Å². The number of anilines is 1. The van der Waals surface area contributed by atoms with Crippen LogP contribution in [0.5, 0.6) is 0 Å². The zero-order valence-corrected chi connectivity index (χ0v) is 13.4. The molecule has 5 heteroatoms. The molecule has 21 heavy (non-hydrogen) atoms. The van der Waals surface area contributed by atoms with Crippen molar-refractivity contribution in [3.63, 3.8) is 0 Å². The topological polar surface area (TPSA) is 38.1 Å². The first kappa shape index (κ1) is 15.6. The second kappa shape index (κ2) is 6.76. The Bertz CT molecular complexity index is 623. The molecule has 0 fully saturated rings. The van der Waals surface area contributed by atoms with Crippen LogP contribution in [0.1, 0.15) is 31.9 Å². The molecule has 0 saturated heterocycles. The van der Waals surface area contributed by atoms with Gasteiger partial charge in [0.25, 0.3) is 0 Å². The van der Waals surface area contributed by atoms with E-state index in [1.165, 1.54) is 0 Å². The minimum Gasteiger partial charge on any atom is -0.292 e. The molecule has 0 aliphatic rings. The monoisotopic (exact) mass is 305 g/mol. The lowest BCUT2D eigenvalue weighted by atomic mass is 10.0. The standard InChI is InChI=1S/C16H20ClN3O/c1-4-13-7-8-15(17)14(5-2)16(13)20(12(3)21)11-19-10-6-9-18-19/h6-10H,4-5,11H2,1-3H3. The number of benzene rings is 1. The molecule has 2 rings (SSSR count). The molecule has 0 bridgehead atoms. The van der Waals surface area contributed by atoms with Gasteiger partial charge in [-0.25, -0.2) is 0 Å². The molecular formula is C16H20ClN3O. The molecule has 0 spiro atoms. The number of amides is 1. The maximum absolute atomic E-state index is 12.2. The molecule has 0 radical (unpaired) electrons. The van der Waals surface area contributed by atoms with Crippen molar-refractivity contribution in [2.45, 2.75) is 40.3 Å². The van der Waals surface area contributed by atoms with Gasteiger partial charge in [-0.15, -0.1) is 0 Å². The van der Waals surface area contributed by atoms with Crippen LogP contribution in [0, 0.1) is 0 Å². The highest BCUT2D eigenvalue weighted by molar-refractivity contribution is 6.32. The van der Waals surface area contributed by atoms with E-state index in [1.807, 2.05) is 24.4 Å². The summed E-state index contributed by atoms with van der Waals surface area (Å²) in [5, 5.41) is 4.89. The lowest BCUT2D eigenvalue weighted by Crippen LogP contribution is -2.32. The molecule has 1 aromatic heterocycles. The summed E-state index contributed by atoms with van der Waals surface area (Å²) in [6.07, 6.45) is 5.18. The van der Waals surface area contributed by atoms with Crippen molar-refractivity contribution in [2.75, 3.05) is 4.90 Å². The minimum atomic E-state index is -0.0165. The number of nitrogens with zero attached hydrogens (tertiary/aromatic N) is 3. The van der Waals surface area contributed by atoms with Crippen LogP contribution in [0.3, 0.4) is 0 Å². The van der Waals surface area contributed by atoms with Crippen molar-refractivity contribution >= 4 is 23.2 Å². The van der Waals surface area contributed by atoms with Crippen LogP contribution >= 0.6 is 11.6 Å². The Kier molecular flexibility index (Phi) is 5.02. The van der Waals surface area contributed by atoms with Gasteiger partial charge in [-0.2, -0.15) is 5.10 Å². The number of carbonyl (C=O) groups is 1. The summed E-state index contributed by atoms with van der Waals surface area (Å²) in [4.78, 5) is 13.9. The highest BCUT2D eigenvalue weighted by Gasteiger charge is 2.20. The van der Waals surface area contributed by atoms with Gasteiger partial charge < -0.3 is 0 Å². The first-order valence-corrected chi connectivity index (χ1v) is 7.52. The van der Waals surface area contributed by atoms with Gasteiger partial charge in [-0.1, -0.05) is 31.5 Å². The Morgan fingerprint density at radius 3 is 2.62 bits per heavy atom. The van der Waals surface area contributed by atoms with Crippen molar-refractivity contribution in [3.05, 3.63) is 46.7 Å². The maximum Gasteiger partial charge on any atom is 0.225 e. The third-order valence-corrected chi connectivity index (χ3v) is 3.89. The molecule has 4 nitrogen and oxygen atoms in total. The summed E-state index contributed by atoms with van der Waals surface area (Å²) < 4.78 is 1.74. The van der Waals surface area contributed by atoms with Gasteiger partial charge in [0, 0.05) is 24.3 Å². The maximum atomic E-state index is 12.2. The fourth-order valence-corrected chi connectivity index (χ4v) is 2.76. The largest absolute Gasteiger partial charge is 0.292 e. The summed E-state index contributed by atoms with van der Waals surface area (Å²) in [5.74, 6) is -0.0165. The molecule has 0 saturated carbocycles. The first-order chi connectivity index (χ1) is 10.1. The highest BCUT2D eigenvalue weighted by Crippen LogP contribution is 2.33. The molecule has 0 N–H and O–H groups in total. The van der Waals surface area contributed by atoms with E-state index in [-0.39, 0.29) is 5.91 Å². The highest BCUT2D eigenvalue weighted by atomic mass is 35.5. The van der Waals surface area contributed by atoms with Gasteiger partial charge in [0.15, 0.2) is 0 Å². The summed E-state index contributed by atoms with van der Waals surface area (Å²) in [6.45, 7) is 6.10. The van der Waals surface area contributed by atoms with E-state index in [2.05, 4.69) is 18.9 Å². The minimum absolute atomic E-state index is 0.0165. The van der Waals surface area contributed by atoms with Crippen LogP contribution in [-0.4, -0.2) is 15.7 Å². The average Bonchev–Trinajstić information content (AvgIpc) is 2.97. The summed E-state index contributed by atoms with van der Waals surface area (Å²) in [6, 6.07) is 5.75. The zero-order valence-electron chi connectivity index (χ0n) is 12.6. The van der Waals surface area contributed by atoms with E-state index in [0.717, 1.165) is 29.7 Å². The third kappa shape index (κ3) is 3.27. The van der Waals surface area contributed by atoms with Gasteiger partial charge in [0.1, 0.15) is 6.67 Å². The van der Waals surface area contributed by atoms with E-state index in [0.29, 0.717) is 11.7 Å². The van der Waals surface area contributed by atoms with Crippen molar-refractivity contribution in [1.82, 2.24) is 9.78 Å². The fraction of sp³-hybridized carbons (Fsp3) is 0.375. The van der Waals surface area contributed by atoms with Crippen molar-refractivity contribution in [3.8, 4) is 0 Å². The normalized spacial score (nSPS) is 10.7. The molecule has 0 aliphatic heterocycles. The number of aromatic nitrogens is 2. The lowest BCUT2D eigenvalue weighted by Gasteiger charge is -2.27. The third-order valence-electron chi connectivity index (χ3n) is 3.54. The van der Waals surface area contributed by atoms with E-state index in [9.17, 15) is 4.79 Å². The van der Waals surface area contributed by atoms with Crippen molar-refractivity contribution in [2.24, 2.45) is 0 Å². The van der Waals surface area contributed by atoms with E-state index < -0.39 is 0 Å². The van der Waals surface area contributed by atoms with Crippen LogP contribution < -0.4 is 4.90 Å². The number of rotatable bonds is 5. The van der Waals surface area contributed by atoms with E-state index in [4.69, 9.17) is 11.6 Å². The number of aryl methyl sites for hydroxylation is 1. The lowest BCUT2D eigenvalue weighted by molar-refractivity contribution is -0.117. The first-order valence-electron chi connectivity index (χ1n) is 7.14. The van der Waals surface area contributed by atoms with E-state index >= 15 is 0 Å². The number of halogens is 1. The molecule has 0 atom stereocenters. The molecule has 1 amide bonds. The fourth-order valence-electron chi connectivity index (χ4n) is 2.47. The van der Waals surface area contributed by atoms with Gasteiger partial charge in [-0.05, 0) is 36.1 Å². The average molecular weight is 306 g/mol. The predicted octanol–water partition coefficient (Wildman–Crippen LogP) is 3.67. The molecule has 2 aromatic rings. The van der Waals surface area contributed by atoms with Gasteiger partial charge >= 0.3 is 0 Å². The SMILES string of the molecule is CCc1ccc(Cl)c(CC)c1N(Cn1cccn1)C(C)=O. The Morgan fingerprint density at radius 1 is 1.33 bits per heavy atom. The van der Waals surface area contributed by atoms with Gasteiger partial charge in [-0.3, -0.25) is 14.4 Å². The molecule has 1 aromatic carbocycles. The van der Waals surface area contributed by atoms with Gasteiger partial charge in [0.2, 0.25) is 5.91 Å². The predicted molar refractivity (Wildman–Crippen MR) is 85.6 cm³/mol. The van der Waals surface area contributed by atoms with Crippen LogP contribution in [0.15, 0.2) is 30.6 Å². The molecule has 0 unspecified atom stereocenters. The second-order valence-electron chi connectivity index (χ2n) is 4.87. The van der Waals surface area contributed by atoms with Crippen molar-refractivity contribution in [1.29, 1.82) is 0 Å². The van der Waals surface area contributed by atoms with Crippen LogP contribution in [0.2, 0.25) is 5.02 Å². The Morgan fingerprint density at radius 2 is 2.10 bits per heavy atom. The summed E-state index contributed by atoms with van der Waals surface area (Å²) >= 11 is 6.33. The summed E-state index contributed by atoms with van der Waals surface area (Å²) in [5.41, 5.74) is 3.06. The Labute approximate surface area is 130 Å². The van der Waals surface area contributed by atoms with Crippen LogP contribution in [0.25, 0.3) is 0 Å². The Balaban J connectivity index is 2.53. The number of hydrogen-bond acceptors (Lipinski definition) is 2. The van der Waals surface area contributed by atoms with Crippen LogP contribution in [-0.2, 0) is 24.3 Å². The second-order valence-corrected chi connectivity index (χ2v) is 5.28. The zero-order chi connectivity index (χ0) is 15.4. The molecule has 112 valence electrons. The van der Waals surface area contributed by atoms with Crippen LogP contribution in [0.4, 0.5) is 5.69 Å². The smallest absolute Gasteiger partial charge is 0.225 e. The molecular weight excluding hydrogens is 286 g/mol. The van der Waals surface area contributed by atoms with E-state index in [1.54, 1.807) is 22.7 Å². The summed E-state index contributed by atoms with van der Waals surface area (Å²) in [7, 11) is 0. The number of hydrogen-bond donors (Lipinski definition) is 0. The Hall–Kier alpha value is -1.81.